The molecule has 0 saturated heterocycles. The number of sulfonamides is 1. The first-order chi connectivity index (χ1) is 16.9. The molecule has 4 rings (SSSR count). The molecule has 1 heterocycles. The van der Waals surface area contributed by atoms with Crippen molar-refractivity contribution in [2.75, 3.05) is 0 Å². The van der Waals surface area contributed by atoms with Crippen molar-refractivity contribution in [3.8, 4) is 5.69 Å². The summed E-state index contributed by atoms with van der Waals surface area (Å²) >= 11 is 0. The highest BCUT2D eigenvalue weighted by molar-refractivity contribution is 7.89. The molecule has 7 nitrogen and oxygen atoms in total. The molecule has 0 spiro atoms. The Bertz CT molecular complexity index is 1400. The van der Waals surface area contributed by atoms with E-state index in [1.54, 1.807) is 29.1 Å². The van der Waals surface area contributed by atoms with E-state index in [0.717, 1.165) is 11.3 Å². The molecule has 1 aromatic heterocycles. The number of aromatic nitrogens is 2. The summed E-state index contributed by atoms with van der Waals surface area (Å²) in [6, 6.07) is 21.8. The smallest absolute Gasteiger partial charge is 0.240 e. The molecule has 0 aliphatic rings. The van der Waals surface area contributed by atoms with Crippen LogP contribution in [0, 0.1) is 5.82 Å². The van der Waals surface area contributed by atoms with Gasteiger partial charge in [-0.2, -0.15) is 5.10 Å². The van der Waals surface area contributed by atoms with Crippen LogP contribution in [-0.4, -0.2) is 24.1 Å². The van der Waals surface area contributed by atoms with E-state index in [1.807, 2.05) is 36.5 Å². The lowest BCUT2D eigenvalue weighted by molar-refractivity contribution is -0.121. The molecule has 0 radical (unpaired) electrons. The van der Waals surface area contributed by atoms with Crippen molar-refractivity contribution in [2.45, 2.75) is 30.8 Å². The number of nitrogens with zero attached hydrogens (tertiary/aromatic N) is 2. The van der Waals surface area contributed by atoms with E-state index in [-0.39, 0.29) is 30.3 Å². The lowest BCUT2D eigenvalue weighted by Gasteiger charge is -2.10. The molecule has 4 aromatic rings. The Morgan fingerprint density at radius 3 is 2.40 bits per heavy atom. The summed E-state index contributed by atoms with van der Waals surface area (Å²) in [5.41, 5.74) is 3.07. The van der Waals surface area contributed by atoms with Gasteiger partial charge in [-0.25, -0.2) is 22.2 Å². The van der Waals surface area contributed by atoms with Crippen LogP contribution in [0.1, 0.15) is 23.1 Å². The number of para-hydroxylation sites is 1. The monoisotopic (exact) mass is 492 g/mol. The van der Waals surface area contributed by atoms with Crippen molar-refractivity contribution >= 4 is 15.9 Å². The Balaban J connectivity index is 1.28. The van der Waals surface area contributed by atoms with Gasteiger partial charge in [-0.15, -0.1) is 0 Å². The number of nitrogens with one attached hydrogen (secondary N) is 2. The zero-order chi connectivity index (χ0) is 24.7. The number of hydrogen-bond acceptors (Lipinski definition) is 4. The zero-order valence-electron chi connectivity index (χ0n) is 18.9. The summed E-state index contributed by atoms with van der Waals surface area (Å²) in [6.45, 7) is 0.178. The lowest BCUT2D eigenvalue weighted by Crippen LogP contribution is -2.25. The molecule has 3 aromatic carbocycles. The number of aryl methyl sites for hydroxylation is 1. The molecule has 35 heavy (non-hydrogen) atoms. The summed E-state index contributed by atoms with van der Waals surface area (Å²) in [5.74, 6) is -0.570. The van der Waals surface area contributed by atoms with Gasteiger partial charge in [0.2, 0.25) is 15.9 Å². The van der Waals surface area contributed by atoms with E-state index >= 15 is 0 Å². The minimum atomic E-state index is -3.79. The fraction of sp³-hybridized carbons (Fsp3) is 0.154. The minimum Gasteiger partial charge on any atom is -0.352 e. The van der Waals surface area contributed by atoms with Crippen molar-refractivity contribution in [1.29, 1.82) is 0 Å². The van der Waals surface area contributed by atoms with E-state index in [2.05, 4.69) is 15.1 Å². The summed E-state index contributed by atoms with van der Waals surface area (Å²) in [7, 11) is -3.79. The highest BCUT2D eigenvalue weighted by Crippen LogP contribution is 2.13. The second kappa shape index (κ2) is 11.1. The first-order valence-electron chi connectivity index (χ1n) is 11.1. The van der Waals surface area contributed by atoms with Gasteiger partial charge >= 0.3 is 0 Å². The Morgan fingerprint density at radius 1 is 0.886 bits per heavy atom. The Labute approximate surface area is 203 Å². The minimum absolute atomic E-state index is 0.0259. The number of hydrogen-bond donors (Lipinski definition) is 2. The molecular weight excluding hydrogens is 467 g/mol. The molecule has 0 atom stereocenters. The number of halogens is 1. The van der Waals surface area contributed by atoms with Crippen molar-refractivity contribution < 1.29 is 17.6 Å². The molecule has 0 fully saturated rings. The van der Waals surface area contributed by atoms with Crippen LogP contribution >= 0.6 is 0 Å². The Morgan fingerprint density at radius 2 is 1.63 bits per heavy atom. The number of amides is 1. The third kappa shape index (κ3) is 6.84. The fourth-order valence-corrected chi connectivity index (χ4v) is 4.58. The van der Waals surface area contributed by atoms with Crippen molar-refractivity contribution in [3.63, 3.8) is 0 Å². The zero-order valence-corrected chi connectivity index (χ0v) is 19.7. The van der Waals surface area contributed by atoms with Gasteiger partial charge in [-0.3, -0.25) is 4.79 Å². The van der Waals surface area contributed by atoms with E-state index < -0.39 is 15.8 Å². The van der Waals surface area contributed by atoms with E-state index in [1.165, 1.54) is 30.3 Å². The molecule has 0 aliphatic heterocycles. The van der Waals surface area contributed by atoms with Gasteiger partial charge in [0.05, 0.1) is 16.8 Å². The molecular formula is C26H25FN4O3S. The van der Waals surface area contributed by atoms with Crippen LogP contribution in [0.15, 0.2) is 96.2 Å². The second-order valence-electron chi connectivity index (χ2n) is 8.01. The van der Waals surface area contributed by atoms with Gasteiger partial charge < -0.3 is 5.32 Å². The molecule has 180 valence electrons. The molecule has 1 amide bonds. The predicted molar refractivity (Wildman–Crippen MR) is 131 cm³/mol. The van der Waals surface area contributed by atoms with Crippen molar-refractivity contribution in [1.82, 2.24) is 19.8 Å². The molecule has 0 saturated carbocycles. The van der Waals surface area contributed by atoms with E-state index in [4.69, 9.17) is 0 Å². The van der Waals surface area contributed by atoms with Gasteiger partial charge in [-0.1, -0.05) is 42.5 Å². The maximum Gasteiger partial charge on any atom is 0.240 e. The Kier molecular flexibility index (Phi) is 7.69. The largest absolute Gasteiger partial charge is 0.352 e. The van der Waals surface area contributed by atoms with Crippen LogP contribution < -0.4 is 10.0 Å². The van der Waals surface area contributed by atoms with Gasteiger partial charge in [0, 0.05) is 25.7 Å². The summed E-state index contributed by atoms with van der Waals surface area (Å²) in [5, 5.41) is 7.16. The second-order valence-corrected chi connectivity index (χ2v) is 9.77. The standard InChI is InChI=1S/C26H25FN4O3S/c27-23-8-4-6-20(14-23)18-30-35(33,34)25-11-5-7-21(15-25)16-28-26(32)13-12-22-17-29-31(19-22)24-9-2-1-3-10-24/h1-11,14-15,17,19,30H,12-13,16,18H2,(H,28,32). The van der Waals surface area contributed by atoms with Gasteiger partial charge in [0.25, 0.3) is 0 Å². The third-order valence-corrected chi connectivity index (χ3v) is 6.75. The number of carbonyl (C=O) groups is 1. The van der Waals surface area contributed by atoms with E-state index in [9.17, 15) is 17.6 Å². The number of carbonyl (C=O) groups excluding carboxylic acids is 1. The van der Waals surface area contributed by atoms with Crippen molar-refractivity contribution in [3.05, 3.63) is 114 Å². The van der Waals surface area contributed by atoms with E-state index in [0.29, 0.717) is 17.5 Å². The summed E-state index contributed by atoms with van der Waals surface area (Å²) in [4.78, 5) is 12.4. The Hall–Kier alpha value is -3.82. The highest BCUT2D eigenvalue weighted by Gasteiger charge is 2.15. The maximum absolute atomic E-state index is 13.3. The van der Waals surface area contributed by atoms with Crippen LogP contribution in [0.4, 0.5) is 4.39 Å². The molecule has 2 N–H and O–H groups in total. The highest BCUT2D eigenvalue weighted by atomic mass is 32.2. The van der Waals surface area contributed by atoms with Gasteiger partial charge in [0.1, 0.15) is 5.82 Å². The van der Waals surface area contributed by atoms with Crippen LogP contribution in [0.3, 0.4) is 0 Å². The average Bonchev–Trinajstić information content (AvgIpc) is 3.35. The normalized spacial score (nSPS) is 11.3. The number of rotatable bonds is 10. The lowest BCUT2D eigenvalue weighted by atomic mass is 10.2. The van der Waals surface area contributed by atoms with Gasteiger partial charge in [-0.05, 0) is 59.5 Å². The maximum atomic E-state index is 13.3. The summed E-state index contributed by atoms with van der Waals surface area (Å²) < 4.78 is 42.8. The van der Waals surface area contributed by atoms with Crippen LogP contribution in [0.2, 0.25) is 0 Å². The molecule has 0 bridgehead atoms. The quantitative estimate of drug-likeness (QED) is 0.353. The van der Waals surface area contributed by atoms with Gasteiger partial charge in [0.15, 0.2) is 0 Å². The molecule has 9 heteroatoms. The third-order valence-electron chi connectivity index (χ3n) is 5.35. The fourth-order valence-electron chi connectivity index (χ4n) is 3.49. The summed E-state index contributed by atoms with van der Waals surface area (Å²) in [6.07, 6.45) is 4.46. The SMILES string of the molecule is O=C(CCc1cnn(-c2ccccc2)c1)NCc1cccc(S(=O)(=O)NCc2cccc(F)c2)c1. The van der Waals surface area contributed by atoms with Crippen LogP contribution in [0.5, 0.6) is 0 Å². The molecule has 0 unspecified atom stereocenters. The average molecular weight is 493 g/mol. The van der Waals surface area contributed by atoms with Crippen LogP contribution in [-0.2, 0) is 34.3 Å². The molecule has 0 aliphatic carbocycles. The first-order valence-corrected chi connectivity index (χ1v) is 12.6. The number of benzene rings is 3. The topological polar surface area (TPSA) is 93.1 Å². The predicted octanol–water partition coefficient (Wildman–Crippen LogP) is 3.74. The van der Waals surface area contributed by atoms with Crippen molar-refractivity contribution in [2.24, 2.45) is 0 Å². The van der Waals surface area contributed by atoms with Crippen LogP contribution in [0.25, 0.3) is 5.69 Å². The first kappa shape index (κ1) is 24.3.